The Hall–Kier alpha value is -3.10. The Labute approximate surface area is 171 Å². The molecule has 29 heavy (non-hydrogen) atoms. The van der Waals surface area contributed by atoms with Crippen molar-refractivity contribution in [1.29, 1.82) is 0 Å². The summed E-state index contributed by atoms with van der Waals surface area (Å²) < 4.78 is 46.8. The van der Waals surface area contributed by atoms with Gasteiger partial charge in [0.1, 0.15) is 17.3 Å². The maximum atomic E-state index is 13.8. The van der Waals surface area contributed by atoms with Gasteiger partial charge in [-0.2, -0.15) is 0 Å². The summed E-state index contributed by atoms with van der Waals surface area (Å²) >= 11 is 6.02. The van der Waals surface area contributed by atoms with Crippen LogP contribution in [0.15, 0.2) is 65.6 Å². The second-order valence-electron chi connectivity index (χ2n) is 6.06. The van der Waals surface area contributed by atoms with Gasteiger partial charge in [0.25, 0.3) is 10.0 Å². The number of anilines is 1. The highest BCUT2D eigenvalue weighted by Gasteiger charge is 2.20. The quantitative estimate of drug-likeness (QED) is 0.563. The number of carboxylic acid groups (broad SMARTS) is 1. The van der Waals surface area contributed by atoms with E-state index in [0.29, 0.717) is 16.5 Å². The highest BCUT2D eigenvalue weighted by Crippen LogP contribution is 2.30. The lowest BCUT2D eigenvalue weighted by atomic mass is 10.1. The van der Waals surface area contributed by atoms with E-state index in [2.05, 4.69) is 4.72 Å². The van der Waals surface area contributed by atoms with E-state index in [9.17, 15) is 22.7 Å². The van der Waals surface area contributed by atoms with Gasteiger partial charge in [-0.3, -0.25) is 4.72 Å². The van der Waals surface area contributed by atoms with Crippen molar-refractivity contribution in [3.8, 4) is 11.5 Å². The summed E-state index contributed by atoms with van der Waals surface area (Å²) in [5, 5.41) is 9.66. The van der Waals surface area contributed by atoms with Crippen LogP contribution in [0.5, 0.6) is 11.5 Å². The number of ether oxygens (including phenoxy) is 1. The zero-order chi connectivity index (χ0) is 21.2. The molecule has 0 saturated carbocycles. The zero-order valence-corrected chi connectivity index (χ0v) is 16.6. The Morgan fingerprint density at radius 2 is 1.76 bits per heavy atom. The standard InChI is InChI=1S/C20H15ClFNO5S/c1-12-10-15(20(24)25)18(11-17(12)22)23-29(26,27)14-8-6-13(7-9-14)28-19-5-3-2-4-16(19)21/h2-11,23H,1H3,(H,24,25). The van der Waals surface area contributed by atoms with E-state index in [1.165, 1.54) is 31.2 Å². The van der Waals surface area contributed by atoms with Crippen molar-refractivity contribution in [3.05, 3.63) is 82.6 Å². The molecule has 0 aliphatic heterocycles. The van der Waals surface area contributed by atoms with E-state index >= 15 is 0 Å². The van der Waals surface area contributed by atoms with Crippen molar-refractivity contribution in [2.24, 2.45) is 0 Å². The molecule has 0 radical (unpaired) electrons. The fourth-order valence-electron chi connectivity index (χ4n) is 2.49. The van der Waals surface area contributed by atoms with Crippen LogP contribution >= 0.6 is 11.6 Å². The van der Waals surface area contributed by atoms with Crippen molar-refractivity contribution in [3.63, 3.8) is 0 Å². The molecule has 0 amide bonds. The second-order valence-corrected chi connectivity index (χ2v) is 8.15. The molecule has 2 N–H and O–H groups in total. The third-order valence-corrected chi connectivity index (χ3v) is 5.67. The number of carbonyl (C=O) groups is 1. The number of aryl methyl sites for hydroxylation is 1. The Morgan fingerprint density at radius 1 is 1.10 bits per heavy atom. The minimum atomic E-state index is -4.16. The number of hydrogen-bond donors (Lipinski definition) is 2. The van der Waals surface area contributed by atoms with Crippen molar-refractivity contribution >= 4 is 33.3 Å². The van der Waals surface area contributed by atoms with Crippen molar-refractivity contribution in [2.75, 3.05) is 4.72 Å². The van der Waals surface area contributed by atoms with Crippen molar-refractivity contribution in [2.45, 2.75) is 11.8 Å². The number of carboxylic acids is 1. The monoisotopic (exact) mass is 435 g/mol. The molecule has 9 heteroatoms. The Balaban J connectivity index is 1.86. The molecule has 0 aliphatic carbocycles. The Bertz CT molecular complexity index is 1180. The van der Waals surface area contributed by atoms with Crippen LogP contribution in [0.25, 0.3) is 0 Å². The van der Waals surface area contributed by atoms with Crippen molar-refractivity contribution < 1.29 is 27.4 Å². The van der Waals surface area contributed by atoms with Crippen molar-refractivity contribution in [1.82, 2.24) is 0 Å². The van der Waals surface area contributed by atoms with Gasteiger partial charge < -0.3 is 9.84 Å². The molecule has 0 atom stereocenters. The molecule has 0 fully saturated rings. The number of halogens is 2. The molecule has 3 aromatic carbocycles. The molecule has 150 valence electrons. The first-order valence-electron chi connectivity index (χ1n) is 8.26. The van der Waals surface area contributed by atoms with Crippen LogP contribution in [-0.2, 0) is 10.0 Å². The predicted octanol–water partition coefficient (Wildman–Crippen LogP) is 5.08. The Kier molecular flexibility index (Phi) is 5.76. The van der Waals surface area contributed by atoms with Gasteiger partial charge in [-0.1, -0.05) is 23.7 Å². The van der Waals surface area contributed by atoms with Crippen LogP contribution < -0.4 is 9.46 Å². The van der Waals surface area contributed by atoms with Gasteiger partial charge >= 0.3 is 5.97 Å². The second kappa shape index (κ2) is 8.10. The fraction of sp³-hybridized carbons (Fsp3) is 0.0500. The SMILES string of the molecule is Cc1cc(C(=O)O)c(NS(=O)(=O)c2ccc(Oc3ccccc3Cl)cc2)cc1F. The summed E-state index contributed by atoms with van der Waals surface area (Å²) in [6.07, 6.45) is 0. The fourth-order valence-corrected chi connectivity index (χ4v) is 3.73. The number of benzene rings is 3. The van der Waals surface area contributed by atoms with Crippen LogP contribution in [0, 0.1) is 12.7 Å². The van der Waals surface area contributed by atoms with Gasteiger partial charge in [-0.25, -0.2) is 17.6 Å². The summed E-state index contributed by atoms with van der Waals surface area (Å²) in [4.78, 5) is 11.2. The maximum Gasteiger partial charge on any atom is 0.337 e. The largest absolute Gasteiger partial charge is 0.478 e. The van der Waals surface area contributed by atoms with Crippen LogP contribution in [0.4, 0.5) is 10.1 Å². The van der Waals surface area contributed by atoms with Gasteiger partial charge in [0.2, 0.25) is 0 Å². The van der Waals surface area contributed by atoms with Gasteiger partial charge in [0.05, 0.1) is 21.2 Å². The summed E-state index contributed by atoms with van der Waals surface area (Å²) in [7, 11) is -4.16. The predicted molar refractivity (Wildman–Crippen MR) is 107 cm³/mol. The summed E-state index contributed by atoms with van der Waals surface area (Å²) in [6, 6.07) is 14.1. The summed E-state index contributed by atoms with van der Waals surface area (Å²) in [5.41, 5.74) is -0.630. The minimum absolute atomic E-state index is 0.0893. The van der Waals surface area contributed by atoms with E-state index in [0.717, 1.165) is 12.1 Å². The lowest BCUT2D eigenvalue weighted by molar-refractivity contribution is 0.0698. The molecule has 3 rings (SSSR count). The maximum absolute atomic E-state index is 13.8. The number of aromatic carboxylic acids is 1. The van der Waals surface area contributed by atoms with Crippen LogP contribution in [0.2, 0.25) is 5.02 Å². The van der Waals surface area contributed by atoms with E-state index in [-0.39, 0.29) is 21.7 Å². The molecule has 3 aromatic rings. The zero-order valence-electron chi connectivity index (χ0n) is 15.0. The average molecular weight is 436 g/mol. The first-order valence-corrected chi connectivity index (χ1v) is 10.1. The molecule has 0 heterocycles. The molecule has 0 aliphatic rings. The summed E-state index contributed by atoms with van der Waals surface area (Å²) in [5.74, 6) is -1.35. The van der Waals surface area contributed by atoms with Gasteiger partial charge in [0.15, 0.2) is 0 Å². The third-order valence-electron chi connectivity index (χ3n) is 3.97. The number of nitrogens with one attached hydrogen (secondary N) is 1. The lowest BCUT2D eigenvalue weighted by Crippen LogP contribution is -2.16. The van der Waals surface area contributed by atoms with Crippen LogP contribution in [0.3, 0.4) is 0 Å². The number of para-hydroxylation sites is 1. The lowest BCUT2D eigenvalue weighted by Gasteiger charge is -2.13. The van der Waals surface area contributed by atoms with E-state index < -0.39 is 21.8 Å². The van der Waals surface area contributed by atoms with E-state index in [1.54, 1.807) is 24.3 Å². The van der Waals surface area contributed by atoms with Gasteiger partial charge in [0, 0.05) is 0 Å². The van der Waals surface area contributed by atoms with Gasteiger partial charge in [-0.05, 0) is 61.0 Å². The molecular formula is C20H15ClFNO5S. The van der Waals surface area contributed by atoms with Crippen LogP contribution in [0.1, 0.15) is 15.9 Å². The highest BCUT2D eigenvalue weighted by atomic mass is 35.5. The number of sulfonamides is 1. The molecule has 0 aromatic heterocycles. The molecule has 0 saturated heterocycles. The number of rotatable bonds is 6. The van der Waals surface area contributed by atoms with E-state index in [4.69, 9.17) is 16.3 Å². The molecule has 6 nitrogen and oxygen atoms in total. The minimum Gasteiger partial charge on any atom is -0.478 e. The first kappa shape index (κ1) is 20.6. The normalized spacial score (nSPS) is 11.1. The summed E-state index contributed by atoms with van der Waals surface area (Å²) in [6.45, 7) is 1.39. The Morgan fingerprint density at radius 3 is 2.38 bits per heavy atom. The molecular weight excluding hydrogens is 421 g/mol. The highest BCUT2D eigenvalue weighted by molar-refractivity contribution is 7.92. The topological polar surface area (TPSA) is 92.7 Å². The van der Waals surface area contributed by atoms with Gasteiger partial charge in [-0.15, -0.1) is 0 Å². The average Bonchev–Trinajstić information content (AvgIpc) is 2.66. The number of hydrogen-bond acceptors (Lipinski definition) is 4. The molecule has 0 bridgehead atoms. The first-order chi connectivity index (χ1) is 13.7. The molecule has 0 unspecified atom stereocenters. The molecule has 0 spiro atoms. The van der Waals surface area contributed by atoms with E-state index in [1.807, 2.05) is 0 Å². The smallest absolute Gasteiger partial charge is 0.337 e. The third kappa shape index (κ3) is 4.67. The van der Waals surface area contributed by atoms with Crippen LogP contribution in [-0.4, -0.2) is 19.5 Å².